The minimum atomic E-state index is 0. The van der Waals surface area contributed by atoms with Gasteiger partial charge in [0.05, 0.1) is 6.21 Å². The van der Waals surface area contributed by atoms with Crippen LogP contribution >= 0.6 is 11.6 Å². The number of aromatic nitrogens is 1. The summed E-state index contributed by atoms with van der Waals surface area (Å²) in [7, 11) is 0. The van der Waals surface area contributed by atoms with Gasteiger partial charge in [-0.1, -0.05) is 35.0 Å². The second-order valence-corrected chi connectivity index (χ2v) is 4.95. The molecule has 0 saturated heterocycles. The van der Waals surface area contributed by atoms with E-state index in [1.807, 2.05) is 53.4 Å². The van der Waals surface area contributed by atoms with E-state index in [9.17, 15) is 0 Å². The fraction of sp³-hybridized carbons (Fsp3) is 0.250. The van der Waals surface area contributed by atoms with E-state index >= 15 is 0 Å². The number of halogens is 2. The lowest BCUT2D eigenvalue weighted by atomic mass is 10.2. The summed E-state index contributed by atoms with van der Waals surface area (Å²) in [6.07, 6.45) is 6.31. The molecule has 4 nitrogen and oxygen atoms in total. The van der Waals surface area contributed by atoms with Crippen molar-refractivity contribution in [1.82, 2.24) is 0 Å². The molecule has 1 heterocycles. The van der Waals surface area contributed by atoms with Crippen LogP contribution in [0, 0.1) is 0 Å². The van der Waals surface area contributed by atoms with Gasteiger partial charge in [-0.3, -0.25) is 0 Å². The molecule has 0 spiro atoms. The summed E-state index contributed by atoms with van der Waals surface area (Å²) in [5.74, 6) is 0. The largest absolute Gasteiger partial charge is 1.00 e. The van der Waals surface area contributed by atoms with E-state index in [2.05, 4.69) is 5.16 Å². The quantitative estimate of drug-likeness (QED) is 0.399. The van der Waals surface area contributed by atoms with Crippen molar-refractivity contribution in [2.75, 3.05) is 6.61 Å². The molecule has 0 radical (unpaired) electrons. The Labute approximate surface area is 145 Å². The van der Waals surface area contributed by atoms with Gasteiger partial charge >= 0.3 is 0 Å². The molecule has 0 atom stereocenters. The predicted molar refractivity (Wildman–Crippen MR) is 82.2 cm³/mol. The summed E-state index contributed by atoms with van der Waals surface area (Å²) in [6, 6.07) is 11.4. The van der Waals surface area contributed by atoms with Crippen LogP contribution in [0.1, 0.15) is 17.5 Å². The normalized spacial score (nSPS) is 10.5. The number of aryl methyl sites for hydroxylation is 1. The van der Waals surface area contributed by atoms with Crippen LogP contribution in [0.25, 0.3) is 0 Å². The van der Waals surface area contributed by atoms with E-state index < -0.39 is 0 Å². The average molecular weight is 386 g/mol. The van der Waals surface area contributed by atoms with Crippen LogP contribution in [0.5, 0.6) is 0 Å². The average Bonchev–Trinajstić information content (AvgIpc) is 2.52. The molecule has 2 aromatic rings. The van der Waals surface area contributed by atoms with E-state index in [0.717, 1.165) is 24.1 Å². The number of oxime groups is 1. The van der Waals surface area contributed by atoms with Gasteiger partial charge in [0.15, 0.2) is 18.9 Å². The molecular weight excluding hydrogens is 368 g/mol. The van der Waals surface area contributed by atoms with Gasteiger partial charge in [-0.2, -0.15) is 0 Å². The summed E-state index contributed by atoms with van der Waals surface area (Å²) in [5.41, 5.74) is 1.86. The third kappa shape index (κ3) is 6.13. The monoisotopic (exact) mass is 384 g/mol. The number of pyridine rings is 1. The minimum Gasteiger partial charge on any atom is -1.00 e. The van der Waals surface area contributed by atoms with Crippen LogP contribution in [0.4, 0.5) is 0 Å². The Morgan fingerprint density at radius 1 is 1.18 bits per heavy atom. The molecule has 0 fully saturated rings. The maximum Gasteiger partial charge on any atom is 0.169 e. The molecule has 0 unspecified atom stereocenters. The van der Waals surface area contributed by atoms with Crippen LogP contribution in [0.3, 0.4) is 0 Å². The zero-order chi connectivity index (χ0) is 14.9. The van der Waals surface area contributed by atoms with Crippen LogP contribution in [-0.4, -0.2) is 17.9 Å². The Bertz CT molecular complexity index is 591. The Morgan fingerprint density at radius 3 is 2.59 bits per heavy atom. The maximum absolute atomic E-state index is 8.78. The first-order chi connectivity index (χ1) is 10.3. The minimum absolute atomic E-state index is 0. The summed E-state index contributed by atoms with van der Waals surface area (Å²) >= 11 is 6.03. The molecular formula is C16H18BrClN2O2. The fourth-order valence-corrected chi connectivity index (χ4v) is 1.97. The molecule has 0 aliphatic carbocycles. The number of hydrogen-bond donors (Lipinski definition) is 1. The van der Waals surface area contributed by atoms with Crippen molar-refractivity contribution in [3.63, 3.8) is 0 Å². The molecule has 6 heteroatoms. The van der Waals surface area contributed by atoms with Gasteiger partial charge in [0, 0.05) is 41.3 Å². The number of aliphatic hydroxyl groups excluding tert-OH is 1. The van der Waals surface area contributed by atoms with Crippen molar-refractivity contribution < 1.29 is 31.5 Å². The van der Waals surface area contributed by atoms with Gasteiger partial charge in [-0.15, -0.1) is 0 Å². The van der Waals surface area contributed by atoms with Gasteiger partial charge < -0.3 is 26.9 Å². The van der Waals surface area contributed by atoms with Gasteiger partial charge in [0.25, 0.3) is 0 Å². The molecule has 2 rings (SSSR count). The SMILES string of the molecule is OCCC[n+]1ccc(/C=N/OCc2ccccc2Cl)cc1.[Br-]. The zero-order valence-corrected chi connectivity index (χ0v) is 14.4. The number of rotatable bonds is 7. The van der Waals surface area contributed by atoms with E-state index in [-0.39, 0.29) is 23.6 Å². The Morgan fingerprint density at radius 2 is 1.91 bits per heavy atom. The summed E-state index contributed by atoms with van der Waals surface area (Å²) in [5, 5.41) is 13.4. The first kappa shape index (κ1) is 18.6. The maximum atomic E-state index is 8.78. The topological polar surface area (TPSA) is 45.7 Å². The number of benzene rings is 1. The van der Waals surface area contributed by atoms with Crippen LogP contribution in [-0.2, 0) is 18.0 Å². The lowest BCUT2D eigenvalue weighted by Gasteiger charge is -2.01. The smallest absolute Gasteiger partial charge is 0.169 e. The molecule has 0 amide bonds. The lowest BCUT2D eigenvalue weighted by molar-refractivity contribution is -0.697. The highest BCUT2D eigenvalue weighted by Crippen LogP contribution is 2.15. The van der Waals surface area contributed by atoms with Crippen LogP contribution in [0.2, 0.25) is 5.02 Å². The van der Waals surface area contributed by atoms with Crippen LogP contribution in [0.15, 0.2) is 53.9 Å². The van der Waals surface area contributed by atoms with Crippen molar-refractivity contribution in [3.05, 3.63) is 64.9 Å². The van der Waals surface area contributed by atoms with Crippen molar-refractivity contribution in [1.29, 1.82) is 0 Å². The second-order valence-electron chi connectivity index (χ2n) is 4.55. The van der Waals surface area contributed by atoms with E-state index in [0.29, 0.717) is 11.6 Å². The number of aliphatic hydroxyl groups is 1. The van der Waals surface area contributed by atoms with Crippen molar-refractivity contribution in [2.45, 2.75) is 19.6 Å². The van der Waals surface area contributed by atoms with Crippen molar-refractivity contribution >= 4 is 17.8 Å². The highest BCUT2D eigenvalue weighted by molar-refractivity contribution is 6.31. The summed E-state index contributed by atoms with van der Waals surface area (Å²) < 4.78 is 2.01. The summed E-state index contributed by atoms with van der Waals surface area (Å²) in [6.45, 7) is 1.35. The highest BCUT2D eigenvalue weighted by atomic mass is 79.9. The molecule has 0 bridgehead atoms. The van der Waals surface area contributed by atoms with Gasteiger partial charge in [-0.05, 0) is 6.07 Å². The second kappa shape index (κ2) is 10.3. The molecule has 0 saturated carbocycles. The zero-order valence-electron chi connectivity index (χ0n) is 12.0. The Balaban J connectivity index is 0.00000242. The highest BCUT2D eigenvalue weighted by Gasteiger charge is 2.00. The fourth-order valence-electron chi connectivity index (χ4n) is 1.78. The standard InChI is InChI=1S/C16H18ClN2O2.BrH/c17-16-5-2-1-4-15(16)13-21-18-12-14-6-9-19(10-7-14)8-3-11-20;/h1-2,4-7,9-10,12,20H,3,8,11,13H2;1H/q+1;/p-1/b18-12+;. The molecule has 0 aliphatic heterocycles. The third-order valence-electron chi connectivity index (χ3n) is 2.95. The first-order valence-electron chi connectivity index (χ1n) is 6.78. The van der Waals surface area contributed by atoms with Crippen molar-refractivity contribution in [2.24, 2.45) is 5.16 Å². The first-order valence-corrected chi connectivity index (χ1v) is 7.16. The molecule has 118 valence electrons. The molecule has 1 aromatic heterocycles. The Hall–Kier alpha value is -1.43. The predicted octanol–water partition coefficient (Wildman–Crippen LogP) is -0.435. The number of hydrogen-bond acceptors (Lipinski definition) is 3. The van der Waals surface area contributed by atoms with Gasteiger partial charge in [0.1, 0.15) is 6.61 Å². The Kier molecular flexibility index (Phi) is 8.74. The molecule has 22 heavy (non-hydrogen) atoms. The molecule has 0 aliphatic rings. The van der Waals surface area contributed by atoms with E-state index in [1.54, 1.807) is 6.21 Å². The van der Waals surface area contributed by atoms with E-state index in [1.165, 1.54) is 0 Å². The number of nitrogens with zero attached hydrogens (tertiary/aromatic N) is 2. The van der Waals surface area contributed by atoms with Crippen LogP contribution < -0.4 is 21.5 Å². The van der Waals surface area contributed by atoms with Gasteiger partial charge in [-0.25, -0.2) is 4.57 Å². The molecule has 1 N–H and O–H groups in total. The summed E-state index contributed by atoms with van der Waals surface area (Å²) in [4.78, 5) is 5.24. The third-order valence-corrected chi connectivity index (χ3v) is 3.31. The van der Waals surface area contributed by atoms with Crippen molar-refractivity contribution in [3.8, 4) is 0 Å². The van der Waals surface area contributed by atoms with E-state index in [4.69, 9.17) is 21.5 Å². The lowest BCUT2D eigenvalue weighted by Crippen LogP contribution is -3.00. The van der Waals surface area contributed by atoms with Gasteiger partial charge in [0.2, 0.25) is 0 Å². The molecule has 1 aromatic carbocycles.